The van der Waals surface area contributed by atoms with Crippen molar-refractivity contribution in [2.24, 2.45) is 0 Å². The topological polar surface area (TPSA) is 46.9 Å². The fourth-order valence-corrected chi connectivity index (χ4v) is 2.30. The number of carbonyl (C=O) groups is 1. The second kappa shape index (κ2) is 5.90. The van der Waals surface area contributed by atoms with Gasteiger partial charge in [0.2, 0.25) is 5.91 Å². The van der Waals surface area contributed by atoms with Crippen molar-refractivity contribution in [3.8, 4) is 0 Å². The van der Waals surface area contributed by atoms with Gasteiger partial charge in [0.15, 0.2) is 0 Å². The van der Waals surface area contributed by atoms with Crippen molar-refractivity contribution in [3.63, 3.8) is 0 Å². The number of benzene rings is 1. The summed E-state index contributed by atoms with van der Waals surface area (Å²) < 4.78 is 1.91. The molecule has 1 aromatic heterocycles. The van der Waals surface area contributed by atoms with Crippen LogP contribution in [-0.2, 0) is 4.79 Å². The quantitative estimate of drug-likeness (QED) is 0.926. The van der Waals surface area contributed by atoms with E-state index in [4.69, 9.17) is 0 Å². The Morgan fingerprint density at radius 3 is 2.45 bits per heavy atom. The van der Waals surface area contributed by atoms with Crippen LogP contribution in [0.15, 0.2) is 30.3 Å². The lowest BCUT2D eigenvalue weighted by molar-refractivity contribution is -0.116. The molecule has 0 aliphatic carbocycles. The average molecular weight is 271 g/mol. The normalized spacial score (nSPS) is 12.2. The summed E-state index contributed by atoms with van der Waals surface area (Å²) in [7, 11) is 0. The van der Waals surface area contributed by atoms with E-state index in [1.54, 1.807) is 0 Å². The Labute approximate surface area is 119 Å². The molecule has 0 saturated heterocycles. The number of hydrogen-bond donors (Lipinski definition) is 1. The molecule has 1 amide bonds. The number of aromatic nitrogens is 2. The van der Waals surface area contributed by atoms with Gasteiger partial charge in [0.25, 0.3) is 0 Å². The van der Waals surface area contributed by atoms with Gasteiger partial charge in [0.05, 0.1) is 11.7 Å². The van der Waals surface area contributed by atoms with E-state index in [1.165, 1.54) is 5.56 Å². The number of nitrogens with one attached hydrogen (secondary N) is 1. The van der Waals surface area contributed by atoms with Gasteiger partial charge in [-0.25, -0.2) is 0 Å². The van der Waals surface area contributed by atoms with Crippen LogP contribution in [0, 0.1) is 20.8 Å². The second-order valence-electron chi connectivity index (χ2n) is 5.34. The number of aryl methyl sites for hydroxylation is 3. The molecule has 1 aromatic carbocycles. The Kier molecular flexibility index (Phi) is 4.23. The van der Waals surface area contributed by atoms with Crippen LogP contribution in [0.5, 0.6) is 0 Å². The monoisotopic (exact) mass is 271 g/mol. The Morgan fingerprint density at radius 1 is 1.25 bits per heavy atom. The third-order valence-corrected chi connectivity index (χ3v) is 3.28. The van der Waals surface area contributed by atoms with Crippen LogP contribution >= 0.6 is 0 Å². The maximum absolute atomic E-state index is 12.0. The molecule has 2 aromatic rings. The van der Waals surface area contributed by atoms with Crippen molar-refractivity contribution < 1.29 is 4.79 Å². The zero-order valence-corrected chi connectivity index (χ0v) is 12.5. The summed E-state index contributed by atoms with van der Waals surface area (Å²) in [6, 6.07) is 9.88. The number of hydrogen-bond acceptors (Lipinski definition) is 2. The van der Waals surface area contributed by atoms with E-state index in [2.05, 4.69) is 10.4 Å². The number of rotatable bonds is 4. The van der Waals surface area contributed by atoms with Crippen molar-refractivity contribution in [3.05, 3.63) is 47.3 Å². The van der Waals surface area contributed by atoms with Crippen LogP contribution in [0.4, 0.5) is 5.69 Å². The van der Waals surface area contributed by atoms with Crippen LogP contribution in [0.3, 0.4) is 0 Å². The predicted octanol–water partition coefficient (Wildman–Crippen LogP) is 3.40. The fourth-order valence-electron chi connectivity index (χ4n) is 2.30. The van der Waals surface area contributed by atoms with Gasteiger partial charge in [-0.15, -0.1) is 0 Å². The van der Waals surface area contributed by atoms with Crippen molar-refractivity contribution in [1.29, 1.82) is 0 Å². The molecule has 0 bridgehead atoms. The molecule has 4 heteroatoms. The summed E-state index contributed by atoms with van der Waals surface area (Å²) in [6.45, 7) is 8.00. The molecule has 1 heterocycles. The van der Waals surface area contributed by atoms with E-state index in [9.17, 15) is 4.79 Å². The summed E-state index contributed by atoms with van der Waals surface area (Å²) >= 11 is 0. The predicted molar refractivity (Wildman–Crippen MR) is 80.8 cm³/mol. The maximum atomic E-state index is 12.0. The molecule has 20 heavy (non-hydrogen) atoms. The second-order valence-corrected chi connectivity index (χ2v) is 5.34. The van der Waals surface area contributed by atoms with E-state index in [-0.39, 0.29) is 11.9 Å². The summed E-state index contributed by atoms with van der Waals surface area (Å²) in [4.78, 5) is 12.0. The maximum Gasteiger partial charge on any atom is 0.226 e. The standard InChI is InChI=1S/C16H21N3O/c1-11-5-7-15(8-6-11)17-16(20)10-14(4)19-13(3)9-12(2)18-19/h5-9,14H,10H2,1-4H3,(H,17,20). The van der Waals surface area contributed by atoms with Gasteiger partial charge in [-0.1, -0.05) is 17.7 Å². The lowest BCUT2D eigenvalue weighted by atomic mass is 10.2. The van der Waals surface area contributed by atoms with Gasteiger partial charge in [-0.3, -0.25) is 9.48 Å². The SMILES string of the molecule is Cc1ccc(NC(=O)CC(C)n2nc(C)cc2C)cc1. The van der Waals surface area contributed by atoms with Crippen LogP contribution < -0.4 is 5.32 Å². The summed E-state index contributed by atoms with van der Waals surface area (Å²) in [5.74, 6) is 0.00825. The summed E-state index contributed by atoms with van der Waals surface area (Å²) in [6.07, 6.45) is 0.413. The van der Waals surface area contributed by atoms with Crippen molar-refractivity contribution in [2.45, 2.75) is 40.2 Å². The molecule has 0 radical (unpaired) electrons. The molecule has 2 rings (SSSR count). The largest absolute Gasteiger partial charge is 0.326 e. The lowest BCUT2D eigenvalue weighted by Crippen LogP contribution is -2.19. The molecule has 1 N–H and O–H groups in total. The number of carbonyl (C=O) groups excluding carboxylic acids is 1. The summed E-state index contributed by atoms with van der Waals surface area (Å²) in [5.41, 5.74) is 4.08. The molecular weight excluding hydrogens is 250 g/mol. The van der Waals surface area contributed by atoms with E-state index < -0.39 is 0 Å². The smallest absolute Gasteiger partial charge is 0.226 e. The molecule has 0 aliphatic rings. The highest BCUT2D eigenvalue weighted by molar-refractivity contribution is 5.90. The molecule has 0 saturated carbocycles. The molecule has 0 aliphatic heterocycles. The Bertz CT molecular complexity index is 599. The number of nitrogens with zero attached hydrogens (tertiary/aromatic N) is 2. The van der Waals surface area contributed by atoms with Crippen molar-refractivity contribution in [1.82, 2.24) is 9.78 Å². The molecule has 106 valence electrons. The zero-order valence-electron chi connectivity index (χ0n) is 12.5. The van der Waals surface area contributed by atoms with E-state index in [0.717, 1.165) is 17.1 Å². The van der Waals surface area contributed by atoms with E-state index in [0.29, 0.717) is 6.42 Å². The molecule has 4 nitrogen and oxygen atoms in total. The van der Waals surface area contributed by atoms with Gasteiger partial charge in [-0.05, 0) is 45.9 Å². The average Bonchev–Trinajstić information content (AvgIpc) is 2.71. The first-order valence-electron chi connectivity index (χ1n) is 6.85. The Morgan fingerprint density at radius 2 is 1.90 bits per heavy atom. The highest BCUT2D eigenvalue weighted by atomic mass is 16.1. The minimum Gasteiger partial charge on any atom is -0.326 e. The van der Waals surface area contributed by atoms with Gasteiger partial charge >= 0.3 is 0 Å². The summed E-state index contributed by atoms with van der Waals surface area (Å²) in [5, 5.41) is 7.33. The zero-order chi connectivity index (χ0) is 14.7. The van der Waals surface area contributed by atoms with E-state index >= 15 is 0 Å². The minimum absolute atomic E-state index is 0.00825. The molecule has 1 unspecified atom stereocenters. The van der Waals surface area contributed by atoms with Crippen LogP contribution in [0.1, 0.15) is 36.3 Å². The van der Waals surface area contributed by atoms with Crippen molar-refractivity contribution >= 4 is 11.6 Å². The Balaban J connectivity index is 1.97. The molecule has 0 fully saturated rings. The number of amides is 1. The third-order valence-electron chi connectivity index (χ3n) is 3.28. The highest BCUT2D eigenvalue weighted by Crippen LogP contribution is 2.16. The van der Waals surface area contributed by atoms with Crippen LogP contribution in [0.2, 0.25) is 0 Å². The van der Waals surface area contributed by atoms with Crippen molar-refractivity contribution in [2.75, 3.05) is 5.32 Å². The first kappa shape index (κ1) is 14.3. The van der Waals surface area contributed by atoms with Gasteiger partial charge in [0.1, 0.15) is 0 Å². The molecular formula is C16H21N3O. The fraction of sp³-hybridized carbons (Fsp3) is 0.375. The first-order chi connectivity index (χ1) is 9.45. The minimum atomic E-state index is 0.00825. The van der Waals surface area contributed by atoms with E-state index in [1.807, 2.05) is 62.7 Å². The lowest BCUT2D eigenvalue weighted by Gasteiger charge is -2.14. The molecule has 1 atom stereocenters. The molecule has 0 spiro atoms. The highest BCUT2D eigenvalue weighted by Gasteiger charge is 2.14. The van der Waals surface area contributed by atoms with Gasteiger partial charge in [0, 0.05) is 17.8 Å². The van der Waals surface area contributed by atoms with Crippen LogP contribution in [-0.4, -0.2) is 15.7 Å². The first-order valence-corrected chi connectivity index (χ1v) is 6.85. The van der Waals surface area contributed by atoms with Gasteiger partial charge < -0.3 is 5.32 Å². The van der Waals surface area contributed by atoms with Crippen LogP contribution in [0.25, 0.3) is 0 Å². The Hall–Kier alpha value is -2.10. The number of anilines is 1. The van der Waals surface area contributed by atoms with Gasteiger partial charge in [-0.2, -0.15) is 5.10 Å². The third kappa shape index (κ3) is 3.47.